The van der Waals surface area contributed by atoms with Gasteiger partial charge in [-0.1, -0.05) is 24.3 Å². The topological polar surface area (TPSA) is 77.0 Å². The van der Waals surface area contributed by atoms with Gasteiger partial charge in [-0.3, -0.25) is 4.79 Å². The molecule has 0 unspecified atom stereocenters. The molecule has 1 aliphatic rings. The molecule has 0 fully saturated rings. The van der Waals surface area contributed by atoms with E-state index in [1.165, 1.54) is 20.3 Å². The van der Waals surface area contributed by atoms with Gasteiger partial charge >= 0.3 is 0 Å². The zero-order valence-electron chi connectivity index (χ0n) is 16.8. The summed E-state index contributed by atoms with van der Waals surface area (Å²) in [7, 11) is 4.59. The maximum absolute atomic E-state index is 13.0. The van der Waals surface area contributed by atoms with Gasteiger partial charge < -0.3 is 24.6 Å². The minimum absolute atomic E-state index is 0.118. The van der Waals surface area contributed by atoms with E-state index in [2.05, 4.69) is 5.32 Å². The first-order valence-corrected chi connectivity index (χ1v) is 9.33. The summed E-state index contributed by atoms with van der Waals surface area (Å²) in [5.74, 6) is 1.00. The van der Waals surface area contributed by atoms with E-state index in [0.29, 0.717) is 17.9 Å². The van der Waals surface area contributed by atoms with Crippen LogP contribution >= 0.6 is 0 Å². The van der Waals surface area contributed by atoms with Gasteiger partial charge in [0.15, 0.2) is 5.78 Å². The van der Waals surface area contributed by atoms with Crippen LogP contribution in [0.25, 0.3) is 11.6 Å². The van der Waals surface area contributed by atoms with Crippen LogP contribution in [0.15, 0.2) is 42.5 Å². The number of aromatic hydroxyl groups is 1. The molecule has 2 N–H and O–H groups in total. The molecule has 0 amide bonds. The number of hydrogen-bond acceptors (Lipinski definition) is 6. The number of rotatable bonds is 7. The van der Waals surface area contributed by atoms with E-state index in [0.717, 1.165) is 29.9 Å². The molecule has 3 rings (SSSR count). The van der Waals surface area contributed by atoms with Gasteiger partial charge in [0.1, 0.15) is 28.6 Å². The Hall–Kier alpha value is -3.25. The van der Waals surface area contributed by atoms with Crippen LogP contribution in [-0.4, -0.2) is 45.3 Å². The average molecular weight is 395 g/mol. The van der Waals surface area contributed by atoms with E-state index in [1.54, 1.807) is 19.3 Å². The molecule has 0 bridgehead atoms. The molecule has 0 saturated heterocycles. The van der Waals surface area contributed by atoms with Crippen LogP contribution in [0, 0.1) is 0 Å². The van der Waals surface area contributed by atoms with Crippen molar-refractivity contribution in [3.05, 3.63) is 59.2 Å². The van der Waals surface area contributed by atoms with E-state index >= 15 is 0 Å². The number of methoxy groups -OCH3 is 3. The Kier molecular flexibility index (Phi) is 6.57. The number of phenols is 1. The van der Waals surface area contributed by atoms with Gasteiger partial charge in [-0.15, -0.1) is 0 Å². The smallest absolute Gasteiger partial charge is 0.193 e. The molecule has 6 nitrogen and oxygen atoms in total. The molecule has 0 saturated carbocycles. The fourth-order valence-corrected chi connectivity index (χ4v) is 3.31. The lowest BCUT2D eigenvalue weighted by Gasteiger charge is -2.20. The first-order valence-electron chi connectivity index (χ1n) is 9.33. The van der Waals surface area contributed by atoms with Crippen LogP contribution in [0.3, 0.4) is 0 Å². The molecule has 2 aromatic carbocycles. The fraction of sp³-hybridized carbons (Fsp3) is 0.261. The predicted molar refractivity (Wildman–Crippen MR) is 113 cm³/mol. The first kappa shape index (κ1) is 20.5. The lowest BCUT2D eigenvalue weighted by atomic mass is 9.93. The zero-order valence-corrected chi connectivity index (χ0v) is 16.8. The van der Waals surface area contributed by atoms with Crippen molar-refractivity contribution in [1.29, 1.82) is 0 Å². The molecule has 0 aliphatic carbocycles. The van der Waals surface area contributed by atoms with E-state index in [9.17, 15) is 9.90 Å². The van der Waals surface area contributed by atoms with Gasteiger partial charge in [0.25, 0.3) is 0 Å². The molecule has 0 atom stereocenters. The molecule has 0 radical (unpaired) electrons. The number of phenolic OH excluding ortho intramolecular Hbond substituents is 1. The summed E-state index contributed by atoms with van der Waals surface area (Å²) >= 11 is 0. The second-order valence-electron chi connectivity index (χ2n) is 6.53. The molecule has 152 valence electrons. The summed E-state index contributed by atoms with van der Waals surface area (Å²) in [4.78, 5) is 13.0. The van der Waals surface area contributed by atoms with Gasteiger partial charge in [0.05, 0.1) is 26.9 Å². The highest BCUT2D eigenvalue weighted by Gasteiger charge is 2.25. The van der Waals surface area contributed by atoms with E-state index in [-0.39, 0.29) is 22.8 Å². The number of hydrogen-bond donors (Lipinski definition) is 2. The van der Waals surface area contributed by atoms with E-state index < -0.39 is 0 Å². The van der Waals surface area contributed by atoms with Gasteiger partial charge in [-0.2, -0.15) is 0 Å². The number of benzene rings is 2. The lowest BCUT2D eigenvalue weighted by molar-refractivity contribution is 0.104. The Bertz CT molecular complexity index is 945. The third-order valence-corrected chi connectivity index (χ3v) is 4.84. The molecule has 1 heterocycles. The summed E-state index contributed by atoms with van der Waals surface area (Å²) in [6, 6.07) is 8.97. The maximum Gasteiger partial charge on any atom is 0.193 e. The van der Waals surface area contributed by atoms with Crippen molar-refractivity contribution in [1.82, 2.24) is 5.32 Å². The number of nitrogens with one attached hydrogen (secondary N) is 1. The van der Waals surface area contributed by atoms with Crippen molar-refractivity contribution < 1.29 is 24.1 Å². The van der Waals surface area contributed by atoms with E-state index in [4.69, 9.17) is 14.2 Å². The first-order chi connectivity index (χ1) is 14.1. The summed E-state index contributed by atoms with van der Waals surface area (Å²) in [6.07, 6.45) is 5.83. The molecular weight excluding hydrogens is 370 g/mol. The third kappa shape index (κ3) is 4.43. The molecule has 29 heavy (non-hydrogen) atoms. The molecule has 1 aliphatic heterocycles. The van der Waals surface area contributed by atoms with Crippen molar-refractivity contribution in [2.24, 2.45) is 0 Å². The number of allylic oxidation sites excluding steroid dienone is 1. The standard InChI is InChI=1S/C23H25NO5/c1-27-17-7-4-15(5-8-17)6-9-18(25)22-20(29-3)14-19(28-2)21(23(22)26)16-10-12-24-13-11-16/h4-10,14,24,26H,11-13H2,1-3H3. The zero-order chi connectivity index (χ0) is 20.8. The van der Waals surface area contributed by atoms with Gasteiger partial charge in [0.2, 0.25) is 0 Å². The lowest BCUT2D eigenvalue weighted by Crippen LogP contribution is -2.20. The van der Waals surface area contributed by atoms with Crippen molar-refractivity contribution >= 4 is 17.4 Å². The highest BCUT2D eigenvalue weighted by atomic mass is 16.5. The Morgan fingerprint density at radius 2 is 1.79 bits per heavy atom. The second-order valence-corrected chi connectivity index (χ2v) is 6.53. The van der Waals surface area contributed by atoms with E-state index in [1.807, 2.05) is 30.3 Å². The SMILES string of the molecule is COc1ccc(C=CC(=O)c2c(OC)cc(OC)c(C3=CCNCC3)c2O)cc1. The molecular formula is C23H25NO5. The minimum Gasteiger partial charge on any atom is -0.506 e. The molecule has 6 heteroatoms. The monoisotopic (exact) mass is 395 g/mol. The molecule has 0 spiro atoms. The predicted octanol–water partition coefficient (Wildman–Crippen LogP) is 3.69. The Labute approximate surface area is 170 Å². The minimum atomic E-state index is -0.353. The van der Waals surface area contributed by atoms with Gasteiger partial charge in [-0.25, -0.2) is 0 Å². The summed E-state index contributed by atoms with van der Waals surface area (Å²) < 4.78 is 16.0. The Morgan fingerprint density at radius 1 is 1.07 bits per heavy atom. The number of ketones is 1. The van der Waals surface area contributed by atoms with Crippen LogP contribution in [0.5, 0.6) is 23.0 Å². The quantitative estimate of drug-likeness (QED) is 0.550. The summed E-state index contributed by atoms with van der Waals surface area (Å²) in [5, 5.41) is 14.2. The van der Waals surface area contributed by atoms with Crippen LogP contribution in [-0.2, 0) is 0 Å². The van der Waals surface area contributed by atoms with Crippen molar-refractivity contribution in [3.8, 4) is 23.0 Å². The Morgan fingerprint density at radius 3 is 2.38 bits per heavy atom. The highest BCUT2D eigenvalue weighted by molar-refractivity contribution is 6.11. The van der Waals surface area contributed by atoms with Crippen molar-refractivity contribution in [3.63, 3.8) is 0 Å². The largest absolute Gasteiger partial charge is 0.506 e. The Balaban J connectivity index is 2.01. The van der Waals surface area contributed by atoms with Gasteiger partial charge in [0, 0.05) is 12.6 Å². The fourth-order valence-electron chi connectivity index (χ4n) is 3.31. The highest BCUT2D eigenvalue weighted by Crippen LogP contribution is 2.43. The third-order valence-electron chi connectivity index (χ3n) is 4.84. The summed E-state index contributed by atoms with van der Waals surface area (Å²) in [6.45, 7) is 1.49. The average Bonchev–Trinajstić information content (AvgIpc) is 2.77. The normalized spacial score (nSPS) is 13.8. The number of ether oxygens (including phenoxy) is 3. The van der Waals surface area contributed by atoms with Crippen LogP contribution in [0.4, 0.5) is 0 Å². The van der Waals surface area contributed by atoms with Gasteiger partial charge in [-0.05, 0) is 42.3 Å². The number of carbonyl (C=O) groups is 1. The van der Waals surface area contributed by atoms with Crippen LogP contribution in [0.2, 0.25) is 0 Å². The number of carbonyl (C=O) groups excluding carboxylic acids is 1. The van der Waals surface area contributed by atoms with Crippen molar-refractivity contribution in [2.45, 2.75) is 6.42 Å². The molecule has 0 aromatic heterocycles. The second kappa shape index (κ2) is 9.30. The van der Waals surface area contributed by atoms with Crippen LogP contribution in [0.1, 0.15) is 27.9 Å². The van der Waals surface area contributed by atoms with Crippen LogP contribution < -0.4 is 19.5 Å². The maximum atomic E-state index is 13.0. The summed E-state index contributed by atoms with van der Waals surface area (Å²) in [5.41, 5.74) is 2.44. The van der Waals surface area contributed by atoms with Crippen molar-refractivity contribution in [2.75, 3.05) is 34.4 Å². The molecule has 2 aromatic rings.